The van der Waals surface area contributed by atoms with Crippen LogP contribution < -0.4 is 0 Å². The number of aryl methyl sites for hydroxylation is 1. The number of aliphatic hydroxyl groups is 1. The van der Waals surface area contributed by atoms with Gasteiger partial charge >= 0.3 is 0 Å². The summed E-state index contributed by atoms with van der Waals surface area (Å²) in [6.45, 7) is 7.02. The van der Waals surface area contributed by atoms with Crippen LogP contribution in [0.15, 0.2) is 54.3 Å². The van der Waals surface area contributed by atoms with E-state index in [4.69, 9.17) is 4.74 Å². The molecule has 0 saturated heterocycles. The van der Waals surface area contributed by atoms with Crippen LogP contribution in [0, 0.1) is 12.7 Å². The minimum Gasteiger partial charge on any atom is -0.477 e. The molecule has 1 atom stereocenters. The van der Waals surface area contributed by atoms with Gasteiger partial charge in [-0.15, -0.1) is 0 Å². The Bertz CT molecular complexity index is 890. The molecule has 0 radical (unpaired) electrons. The highest BCUT2D eigenvalue weighted by molar-refractivity contribution is 6.20. The summed E-state index contributed by atoms with van der Waals surface area (Å²) < 4.78 is 19.3. The molecule has 0 fully saturated rings. The molecule has 0 aromatic heterocycles. The third-order valence-electron chi connectivity index (χ3n) is 5.15. The lowest BCUT2D eigenvalue weighted by Crippen LogP contribution is -2.54. The highest BCUT2D eigenvalue weighted by Crippen LogP contribution is 2.37. The zero-order valence-corrected chi connectivity index (χ0v) is 16.0. The number of hydrogen-bond acceptors (Lipinski definition) is 3. The zero-order valence-electron chi connectivity index (χ0n) is 16.0. The van der Waals surface area contributed by atoms with Gasteiger partial charge in [-0.1, -0.05) is 42.5 Å². The second kappa shape index (κ2) is 7.16. The second-order valence-electron chi connectivity index (χ2n) is 7.37. The molecular weight excluding hydrogens is 345 g/mol. The number of rotatable bonds is 4. The number of hydrogen-bond donors (Lipinski definition) is 1. The topological polar surface area (TPSA) is 49.8 Å². The molecule has 2 aromatic rings. The fourth-order valence-corrected chi connectivity index (χ4v) is 3.33. The standard InChI is InChI=1S/C22H24FNO3/c1-14-12-17(10-11-18(14)23)20(25)22(3,4)24-13-27-15(2)19(21(24)26)16-8-6-5-7-9-16/h5-12,20,25H,13H2,1-4H3. The maximum absolute atomic E-state index is 13.6. The van der Waals surface area contributed by atoms with Crippen molar-refractivity contribution in [3.05, 3.63) is 76.8 Å². The summed E-state index contributed by atoms with van der Waals surface area (Å²) >= 11 is 0. The van der Waals surface area contributed by atoms with E-state index in [2.05, 4.69) is 0 Å². The molecule has 27 heavy (non-hydrogen) atoms. The third-order valence-corrected chi connectivity index (χ3v) is 5.15. The summed E-state index contributed by atoms with van der Waals surface area (Å²) in [5.74, 6) is 0.0317. The van der Waals surface area contributed by atoms with Crippen LogP contribution in [-0.2, 0) is 9.53 Å². The summed E-state index contributed by atoms with van der Waals surface area (Å²) in [5.41, 5.74) is 1.30. The molecule has 1 amide bonds. The van der Waals surface area contributed by atoms with Gasteiger partial charge in [0.2, 0.25) is 0 Å². The van der Waals surface area contributed by atoms with E-state index in [-0.39, 0.29) is 18.5 Å². The Kier molecular flexibility index (Phi) is 5.07. The summed E-state index contributed by atoms with van der Waals surface area (Å²) in [6, 6.07) is 13.8. The Morgan fingerprint density at radius 2 is 1.81 bits per heavy atom. The molecule has 1 aliphatic heterocycles. The molecule has 1 heterocycles. The number of benzene rings is 2. The number of nitrogens with zero attached hydrogens (tertiary/aromatic N) is 1. The van der Waals surface area contributed by atoms with Gasteiger partial charge in [0, 0.05) is 0 Å². The lowest BCUT2D eigenvalue weighted by Gasteiger charge is -2.44. The van der Waals surface area contributed by atoms with Crippen molar-refractivity contribution < 1.29 is 19.0 Å². The number of ether oxygens (including phenoxy) is 1. The van der Waals surface area contributed by atoms with Crippen LogP contribution in [0.2, 0.25) is 0 Å². The highest BCUT2D eigenvalue weighted by atomic mass is 19.1. The van der Waals surface area contributed by atoms with Crippen molar-refractivity contribution in [2.24, 2.45) is 0 Å². The van der Waals surface area contributed by atoms with E-state index in [0.29, 0.717) is 22.5 Å². The largest absolute Gasteiger partial charge is 0.477 e. The van der Waals surface area contributed by atoms with E-state index < -0.39 is 11.6 Å². The number of amides is 1. The van der Waals surface area contributed by atoms with E-state index in [1.165, 1.54) is 11.0 Å². The highest BCUT2D eigenvalue weighted by Gasteiger charge is 2.42. The maximum Gasteiger partial charge on any atom is 0.261 e. The van der Waals surface area contributed by atoms with Crippen molar-refractivity contribution in [2.75, 3.05) is 6.73 Å². The van der Waals surface area contributed by atoms with Gasteiger partial charge in [-0.2, -0.15) is 0 Å². The molecule has 4 nitrogen and oxygen atoms in total. The molecule has 1 aliphatic rings. The number of allylic oxidation sites excluding steroid dienone is 1. The molecule has 5 heteroatoms. The van der Waals surface area contributed by atoms with Crippen LogP contribution in [-0.4, -0.2) is 28.2 Å². The second-order valence-corrected chi connectivity index (χ2v) is 7.37. The summed E-state index contributed by atoms with van der Waals surface area (Å²) in [5, 5.41) is 11.0. The molecular formula is C22H24FNO3. The molecule has 0 aliphatic carbocycles. The molecule has 1 N–H and O–H groups in total. The van der Waals surface area contributed by atoms with Gasteiger partial charge in [-0.3, -0.25) is 9.69 Å². The average molecular weight is 369 g/mol. The molecule has 142 valence electrons. The molecule has 2 aromatic carbocycles. The number of aliphatic hydroxyl groups excluding tert-OH is 1. The summed E-state index contributed by atoms with van der Waals surface area (Å²) in [4.78, 5) is 14.8. The van der Waals surface area contributed by atoms with Crippen molar-refractivity contribution in [2.45, 2.75) is 39.3 Å². The van der Waals surface area contributed by atoms with Crippen LogP contribution in [0.1, 0.15) is 43.6 Å². The van der Waals surface area contributed by atoms with Gasteiger partial charge < -0.3 is 9.84 Å². The van der Waals surface area contributed by atoms with Crippen molar-refractivity contribution in [3.8, 4) is 0 Å². The van der Waals surface area contributed by atoms with E-state index in [1.807, 2.05) is 30.3 Å². The van der Waals surface area contributed by atoms with E-state index >= 15 is 0 Å². The molecule has 0 saturated carbocycles. The van der Waals surface area contributed by atoms with Crippen LogP contribution >= 0.6 is 0 Å². The minimum atomic E-state index is -1.00. The van der Waals surface area contributed by atoms with E-state index in [1.54, 1.807) is 39.8 Å². The van der Waals surface area contributed by atoms with Crippen LogP contribution in [0.5, 0.6) is 0 Å². The number of halogens is 1. The smallest absolute Gasteiger partial charge is 0.261 e. The van der Waals surface area contributed by atoms with Gasteiger partial charge in [-0.05, 0) is 50.5 Å². The minimum absolute atomic E-state index is 0.0469. The monoisotopic (exact) mass is 369 g/mol. The lowest BCUT2D eigenvalue weighted by molar-refractivity contribution is -0.146. The quantitative estimate of drug-likeness (QED) is 0.879. The van der Waals surface area contributed by atoms with Gasteiger partial charge in [0.25, 0.3) is 5.91 Å². The first-order chi connectivity index (χ1) is 12.7. The van der Waals surface area contributed by atoms with Crippen LogP contribution in [0.3, 0.4) is 0 Å². The Hall–Kier alpha value is -2.66. The average Bonchev–Trinajstić information content (AvgIpc) is 2.64. The summed E-state index contributed by atoms with van der Waals surface area (Å²) in [7, 11) is 0. The van der Waals surface area contributed by atoms with Gasteiger partial charge in [0.05, 0.1) is 11.1 Å². The van der Waals surface area contributed by atoms with E-state index in [0.717, 1.165) is 5.56 Å². The Labute approximate surface area is 158 Å². The normalized spacial score (nSPS) is 16.4. The lowest BCUT2D eigenvalue weighted by atomic mass is 9.87. The van der Waals surface area contributed by atoms with E-state index in [9.17, 15) is 14.3 Å². The predicted molar refractivity (Wildman–Crippen MR) is 102 cm³/mol. The first-order valence-electron chi connectivity index (χ1n) is 8.88. The first kappa shape index (κ1) is 19.1. The molecule has 0 spiro atoms. The van der Waals surface area contributed by atoms with Crippen molar-refractivity contribution in [1.82, 2.24) is 4.90 Å². The summed E-state index contributed by atoms with van der Waals surface area (Å²) in [6.07, 6.45) is -1.00. The maximum atomic E-state index is 13.6. The van der Waals surface area contributed by atoms with Gasteiger partial charge in [0.1, 0.15) is 17.7 Å². The SMILES string of the molecule is CC1=C(c2ccccc2)C(=O)N(C(C)(C)C(O)c2ccc(F)c(C)c2)CO1. The van der Waals surface area contributed by atoms with Gasteiger partial charge in [-0.25, -0.2) is 4.39 Å². The van der Waals surface area contributed by atoms with Crippen molar-refractivity contribution in [1.29, 1.82) is 0 Å². The molecule has 1 unspecified atom stereocenters. The fraction of sp³-hybridized carbons (Fsp3) is 0.318. The fourth-order valence-electron chi connectivity index (χ4n) is 3.33. The van der Waals surface area contributed by atoms with Crippen molar-refractivity contribution in [3.63, 3.8) is 0 Å². The van der Waals surface area contributed by atoms with Crippen LogP contribution in [0.25, 0.3) is 5.57 Å². The van der Waals surface area contributed by atoms with Gasteiger partial charge in [0.15, 0.2) is 6.73 Å². The third kappa shape index (κ3) is 3.47. The number of carbonyl (C=O) groups is 1. The molecule has 3 rings (SSSR count). The first-order valence-corrected chi connectivity index (χ1v) is 8.88. The van der Waals surface area contributed by atoms with Crippen LogP contribution in [0.4, 0.5) is 4.39 Å². The zero-order chi connectivity index (χ0) is 19.8. The van der Waals surface area contributed by atoms with Crippen molar-refractivity contribution >= 4 is 11.5 Å². The predicted octanol–water partition coefficient (Wildman–Crippen LogP) is 4.19. The Morgan fingerprint density at radius 3 is 2.44 bits per heavy atom. The molecule has 0 bridgehead atoms. The number of carbonyl (C=O) groups excluding carboxylic acids is 1. The Morgan fingerprint density at radius 1 is 1.15 bits per heavy atom. The Balaban J connectivity index is 1.95.